The molecule has 210 valence electrons. The largest absolute Gasteiger partial charge is 0.451 e. The van der Waals surface area contributed by atoms with Crippen LogP contribution < -0.4 is 15.0 Å². The summed E-state index contributed by atoms with van der Waals surface area (Å²) in [4.78, 5) is 40.5. The lowest BCUT2D eigenvalue weighted by Crippen LogP contribution is -2.62. The summed E-state index contributed by atoms with van der Waals surface area (Å²) in [5, 5.41) is 3.25. The molecule has 0 bridgehead atoms. The Balaban J connectivity index is 1.26. The molecule has 0 saturated carbocycles. The summed E-state index contributed by atoms with van der Waals surface area (Å²) in [7, 11) is 0. The highest BCUT2D eigenvalue weighted by molar-refractivity contribution is 5.97. The van der Waals surface area contributed by atoms with Gasteiger partial charge in [0.05, 0.1) is 25.0 Å². The number of benzene rings is 1. The Hall–Kier alpha value is -3.31. The second kappa shape index (κ2) is 11.4. The molecule has 0 aliphatic carbocycles. The van der Waals surface area contributed by atoms with Crippen LogP contribution in [-0.2, 0) is 9.53 Å². The number of halogens is 1. The van der Waals surface area contributed by atoms with Gasteiger partial charge in [0, 0.05) is 50.7 Å². The number of amides is 2. The van der Waals surface area contributed by atoms with Gasteiger partial charge in [0.15, 0.2) is 11.6 Å². The van der Waals surface area contributed by atoms with Gasteiger partial charge < -0.3 is 29.5 Å². The number of carbonyl (C=O) groups excluding carboxylic acids is 2. The van der Waals surface area contributed by atoms with E-state index in [1.54, 1.807) is 11.1 Å². The Labute approximate surface area is 228 Å². The summed E-state index contributed by atoms with van der Waals surface area (Å²) in [5.41, 5.74) is 0.279. The number of carbonyl (C=O) groups is 2. The molecule has 10 nitrogen and oxygen atoms in total. The van der Waals surface area contributed by atoms with Crippen molar-refractivity contribution in [2.24, 2.45) is 5.41 Å². The van der Waals surface area contributed by atoms with Crippen molar-refractivity contribution in [1.82, 2.24) is 25.1 Å². The molecule has 39 heavy (non-hydrogen) atoms. The topological polar surface area (TPSA) is 100 Å². The summed E-state index contributed by atoms with van der Waals surface area (Å²) < 4.78 is 25.8. The van der Waals surface area contributed by atoms with Crippen LogP contribution in [0.2, 0.25) is 0 Å². The molecule has 1 spiro atoms. The Kier molecular flexibility index (Phi) is 7.99. The van der Waals surface area contributed by atoms with E-state index in [0.29, 0.717) is 37.9 Å². The Morgan fingerprint density at radius 2 is 2.03 bits per heavy atom. The van der Waals surface area contributed by atoms with Gasteiger partial charge in [0.1, 0.15) is 23.9 Å². The smallest absolute Gasteiger partial charge is 0.257 e. The third kappa shape index (κ3) is 5.69. The van der Waals surface area contributed by atoms with Crippen LogP contribution in [-0.4, -0.2) is 96.1 Å². The lowest BCUT2D eigenvalue weighted by atomic mass is 9.72. The van der Waals surface area contributed by atoms with E-state index in [1.165, 1.54) is 24.5 Å². The average molecular weight is 541 g/mol. The summed E-state index contributed by atoms with van der Waals surface area (Å²) >= 11 is 0. The van der Waals surface area contributed by atoms with E-state index in [2.05, 4.69) is 20.2 Å². The van der Waals surface area contributed by atoms with Crippen LogP contribution >= 0.6 is 0 Å². The van der Waals surface area contributed by atoms with E-state index >= 15 is 0 Å². The minimum absolute atomic E-state index is 0.0412. The van der Waals surface area contributed by atoms with E-state index in [0.717, 1.165) is 39.0 Å². The van der Waals surface area contributed by atoms with Crippen molar-refractivity contribution in [2.75, 3.05) is 57.4 Å². The number of morpholine rings is 1. The first-order valence-corrected chi connectivity index (χ1v) is 13.7. The third-order valence-corrected chi connectivity index (χ3v) is 7.98. The van der Waals surface area contributed by atoms with Gasteiger partial charge in [-0.3, -0.25) is 9.59 Å². The minimum Gasteiger partial charge on any atom is -0.451 e. The third-order valence-electron chi connectivity index (χ3n) is 7.98. The molecule has 0 unspecified atom stereocenters. The Morgan fingerprint density at radius 3 is 2.69 bits per heavy atom. The van der Waals surface area contributed by atoms with Crippen molar-refractivity contribution in [3.05, 3.63) is 42.1 Å². The van der Waals surface area contributed by atoms with Gasteiger partial charge in [-0.15, -0.1) is 0 Å². The van der Waals surface area contributed by atoms with E-state index < -0.39 is 5.82 Å². The maximum atomic E-state index is 14.2. The molecule has 1 aromatic heterocycles. The molecular formula is C28H37FN6O4. The number of hydrogen-bond acceptors (Lipinski definition) is 8. The fraction of sp³-hybridized carbons (Fsp3) is 0.571. The van der Waals surface area contributed by atoms with Crippen LogP contribution in [0.25, 0.3) is 0 Å². The molecule has 3 fully saturated rings. The van der Waals surface area contributed by atoms with Crippen molar-refractivity contribution in [3.8, 4) is 11.5 Å². The number of rotatable bonds is 7. The molecule has 2 amide bonds. The van der Waals surface area contributed by atoms with Gasteiger partial charge >= 0.3 is 0 Å². The van der Waals surface area contributed by atoms with Crippen molar-refractivity contribution in [1.29, 1.82) is 0 Å². The molecule has 3 aliphatic rings. The number of nitrogens with one attached hydrogen (secondary N) is 1. The zero-order valence-electron chi connectivity index (χ0n) is 22.9. The number of aromatic nitrogens is 2. The van der Waals surface area contributed by atoms with Crippen molar-refractivity contribution >= 4 is 17.6 Å². The molecule has 1 atom stereocenters. The van der Waals surface area contributed by atoms with Crippen molar-refractivity contribution in [2.45, 2.75) is 45.7 Å². The first-order valence-electron chi connectivity index (χ1n) is 13.7. The van der Waals surface area contributed by atoms with Crippen LogP contribution in [0, 0.1) is 11.2 Å². The van der Waals surface area contributed by atoms with Gasteiger partial charge in [-0.1, -0.05) is 0 Å². The van der Waals surface area contributed by atoms with Crippen LogP contribution in [0.4, 0.5) is 10.2 Å². The number of likely N-dealkylation sites (tertiary alicyclic amines) is 1. The van der Waals surface area contributed by atoms with Crippen LogP contribution in [0.1, 0.15) is 44.0 Å². The van der Waals surface area contributed by atoms with E-state index in [9.17, 15) is 14.0 Å². The van der Waals surface area contributed by atoms with E-state index in [1.807, 2.05) is 25.7 Å². The predicted molar refractivity (Wildman–Crippen MR) is 143 cm³/mol. The molecule has 0 radical (unpaired) electrons. The summed E-state index contributed by atoms with van der Waals surface area (Å²) in [6.45, 7) is 11.0. The number of piperidine rings is 1. The monoisotopic (exact) mass is 540 g/mol. The Morgan fingerprint density at radius 1 is 1.26 bits per heavy atom. The average Bonchev–Trinajstić information content (AvgIpc) is 2.93. The van der Waals surface area contributed by atoms with Gasteiger partial charge in [-0.05, 0) is 51.8 Å². The van der Waals surface area contributed by atoms with Gasteiger partial charge in [0.2, 0.25) is 5.91 Å². The second-order valence-electron chi connectivity index (χ2n) is 10.9. The van der Waals surface area contributed by atoms with E-state index in [-0.39, 0.29) is 40.6 Å². The van der Waals surface area contributed by atoms with Gasteiger partial charge in [-0.25, -0.2) is 14.4 Å². The normalized spacial score (nSPS) is 20.6. The van der Waals surface area contributed by atoms with Gasteiger partial charge in [0.25, 0.3) is 5.91 Å². The molecule has 1 aromatic carbocycles. The first kappa shape index (κ1) is 27.3. The molecule has 11 heteroatoms. The second-order valence-corrected chi connectivity index (χ2v) is 10.9. The molecular weight excluding hydrogens is 503 g/mol. The first-order chi connectivity index (χ1) is 18.8. The molecule has 3 saturated heterocycles. The SMILES string of the molecule is CCN(C(=O)c1cc(F)ccc1Oc1cncnc1N1CC2(CCN(C(=O)[C@@H]3COCCN3)CC2)C1)C(C)C. The van der Waals surface area contributed by atoms with Crippen molar-refractivity contribution < 1.29 is 23.5 Å². The van der Waals surface area contributed by atoms with Crippen molar-refractivity contribution in [3.63, 3.8) is 0 Å². The number of anilines is 1. The maximum Gasteiger partial charge on any atom is 0.257 e. The molecule has 5 rings (SSSR count). The zero-order chi connectivity index (χ0) is 27.6. The quantitative estimate of drug-likeness (QED) is 0.572. The minimum atomic E-state index is -0.503. The molecule has 1 N–H and O–H groups in total. The molecule has 4 heterocycles. The molecule has 3 aliphatic heterocycles. The van der Waals surface area contributed by atoms with Crippen LogP contribution in [0.5, 0.6) is 11.5 Å². The highest BCUT2D eigenvalue weighted by Crippen LogP contribution is 2.45. The summed E-state index contributed by atoms with van der Waals surface area (Å²) in [6.07, 6.45) is 4.89. The maximum absolute atomic E-state index is 14.2. The zero-order valence-corrected chi connectivity index (χ0v) is 22.9. The standard InChI is InChI=1S/C28H37FN6O4/c1-4-35(19(2)3)26(36)21-13-20(29)5-6-23(21)39-24-14-30-18-32-25(24)34-16-28(17-34)7-10-33(11-8-28)27(37)22-15-38-12-9-31-22/h5-6,13-14,18-19,22,31H,4,7-12,15-17H2,1-3H3/t22-/m0/s1. The molecule has 2 aromatic rings. The highest BCUT2D eigenvalue weighted by Gasteiger charge is 2.47. The van der Waals surface area contributed by atoms with Gasteiger partial charge in [-0.2, -0.15) is 0 Å². The number of nitrogens with zero attached hydrogens (tertiary/aromatic N) is 5. The van der Waals surface area contributed by atoms with Crippen LogP contribution in [0.15, 0.2) is 30.7 Å². The highest BCUT2D eigenvalue weighted by atomic mass is 19.1. The predicted octanol–water partition coefficient (Wildman–Crippen LogP) is 2.70. The lowest BCUT2D eigenvalue weighted by Gasteiger charge is -2.54. The fourth-order valence-electron chi connectivity index (χ4n) is 5.77. The summed E-state index contributed by atoms with van der Waals surface area (Å²) in [6, 6.07) is 3.68. The van der Waals surface area contributed by atoms with E-state index in [4.69, 9.17) is 9.47 Å². The number of hydrogen-bond donors (Lipinski definition) is 1. The number of ether oxygens (including phenoxy) is 2. The lowest BCUT2D eigenvalue weighted by molar-refractivity contribution is -0.139. The van der Waals surface area contributed by atoms with Crippen LogP contribution in [0.3, 0.4) is 0 Å². The Bertz CT molecular complexity index is 1190. The summed E-state index contributed by atoms with van der Waals surface area (Å²) in [5.74, 6) is 0.638. The fourth-order valence-corrected chi connectivity index (χ4v) is 5.77.